The average molecular weight is 392 g/mol. The summed E-state index contributed by atoms with van der Waals surface area (Å²) >= 11 is 0. The first kappa shape index (κ1) is 19.4. The summed E-state index contributed by atoms with van der Waals surface area (Å²) in [5, 5.41) is 13.8. The van der Waals surface area contributed by atoms with Crippen molar-refractivity contribution < 1.29 is 42.6 Å². The van der Waals surface area contributed by atoms with Crippen LogP contribution in [0.5, 0.6) is 5.75 Å². The van der Waals surface area contributed by atoms with Crippen LogP contribution in [0, 0.1) is 5.92 Å². The number of fused-ring (bicyclic) bond motifs is 4. The Morgan fingerprint density at radius 2 is 2.13 bits per heavy atom. The van der Waals surface area contributed by atoms with E-state index in [0.717, 1.165) is 19.6 Å². The van der Waals surface area contributed by atoms with Crippen molar-refractivity contribution in [3.05, 3.63) is 29.3 Å². The Bertz CT molecular complexity index is 522. The van der Waals surface area contributed by atoms with E-state index in [9.17, 15) is 5.11 Å². The van der Waals surface area contributed by atoms with Gasteiger partial charge in [0, 0.05) is 57.8 Å². The smallest absolute Gasteiger partial charge is 0.115 e. The molecule has 23 heavy (non-hydrogen) atoms. The number of nitrogens with one attached hydrogen (secondary N) is 1. The van der Waals surface area contributed by atoms with E-state index in [1.807, 2.05) is 12.1 Å². The van der Waals surface area contributed by atoms with Gasteiger partial charge in [-0.25, -0.2) is 0 Å². The van der Waals surface area contributed by atoms with Crippen LogP contribution < -0.4 is 5.32 Å². The molecule has 2 bridgehead atoms. The van der Waals surface area contributed by atoms with Crippen molar-refractivity contribution in [2.24, 2.45) is 5.92 Å². The fourth-order valence-corrected chi connectivity index (χ4v) is 4.71. The molecule has 0 saturated heterocycles. The number of aromatic hydroxyl groups is 1. The molecule has 0 amide bonds. The Hall–Kier alpha value is 0.0439. The van der Waals surface area contributed by atoms with E-state index in [2.05, 4.69) is 18.3 Å². The van der Waals surface area contributed by atoms with E-state index in [4.69, 9.17) is 4.74 Å². The molecular formula is C19H29NO2Y. The van der Waals surface area contributed by atoms with E-state index < -0.39 is 0 Å². The molecule has 1 aromatic carbocycles. The van der Waals surface area contributed by atoms with Crippen molar-refractivity contribution in [1.82, 2.24) is 5.32 Å². The molecule has 3 rings (SSSR count). The minimum Gasteiger partial charge on any atom is -0.508 e. The van der Waals surface area contributed by atoms with Gasteiger partial charge in [-0.15, -0.1) is 0 Å². The van der Waals surface area contributed by atoms with Gasteiger partial charge in [-0.2, -0.15) is 0 Å². The predicted molar refractivity (Wildman–Crippen MR) is 89.4 cm³/mol. The molecular weight excluding hydrogens is 363 g/mol. The third-order valence-electron chi connectivity index (χ3n) is 5.79. The number of benzene rings is 1. The van der Waals surface area contributed by atoms with Crippen molar-refractivity contribution in [3.63, 3.8) is 0 Å². The van der Waals surface area contributed by atoms with Gasteiger partial charge in [-0.3, -0.25) is 0 Å². The maximum atomic E-state index is 9.99. The van der Waals surface area contributed by atoms with Gasteiger partial charge >= 0.3 is 0 Å². The maximum absolute atomic E-state index is 9.99. The Morgan fingerprint density at radius 1 is 1.30 bits per heavy atom. The van der Waals surface area contributed by atoms with Gasteiger partial charge in [-0.05, 0) is 48.4 Å². The average Bonchev–Trinajstić information content (AvgIpc) is 2.50. The summed E-state index contributed by atoms with van der Waals surface area (Å²) in [7, 11) is 1.76. The standard InChI is InChI=1S/C19H29NO2.Y/c1-19-9-5-3-4-6-15(18(19)20-10-11-22-2)12-14-7-8-16(21)13-17(14)19;/h7-8,13,15,18,20-21H,3-6,9-12H2,1-2H3;/t15-,18-,19+;/m0./s1. The summed E-state index contributed by atoms with van der Waals surface area (Å²) < 4.78 is 5.23. The number of rotatable bonds is 4. The van der Waals surface area contributed by atoms with E-state index in [1.165, 1.54) is 43.2 Å². The van der Waals surface area contributed by atoms with E-state index in [1.54, 1.807) is 7.11 Å². The summed E-state index contributed by atoms with van der Waals surface area (Å²) in [6, 6.07) is 6.49. The zero-order valence-corrected chi connectivity index (χ0v) is 17.3. The van der Waals surface area contributed by atoms with Crippen LogP contribution in [0.2, 0.25) is 0 Å². The van der Waals surface area contributed by atoms with Gasteiger partial charge in [0.15, 0.2) is 0 Å². The summed E-state index contributed by atoms with van der Waals surface area (Å²) in [4.78, 5) is 0. The molecule has 0 aliphatic heterocycles. The number of ether oxygens (including phenoxy) is 1. The van der Waals surface area contributed by atoms with Crippen LogP contribution >= 0.6 is 0 Å². The predicted octanol–water partition coefficient (Wildman–Crippen LogP) is 3.39. The summed E-state index contributed by atoms with van der Waals surface area (Å²) in [6.45, 7) is 4.06. The molecule has 0 spiro atoms. The summed E-state index contributed by atoms with van der Waals surface area (Å²) in [5.74, 6) is 1.09. The zero-order valence-electron chi connectivity index (χ0n) is 14.5. The van der Waals surface area contributed by atoms with Crippen LogP contribution in [0.4, 0.5) is 0 Å². The fourth-order valence-electron chi connectivity index (χ4n) is 4.71. The van der Waals surface area contributed by atoms with Crippen LogP contribution in [-0.2, 0) is 49.3 Å². The van der Waals surface area contributed by atoms with Crippen LogP contribution in [0.1, 0.15) is 50.2 Å². The van der Waals surface area contributed by atoms with Crippen molar-refractivity contribution in [3.8, 4) is 5.75 Å². The molecule has 1 radical (unpaired) electrons. The number of methoxy groups -OCH3 is 1. The Balaban J connectivity index is 0.00000192. The fraction of sp³-hybridized carbons (Fsp3) is 0.684. The third-order valence-corrected chi connectivity index (χ3v) is 5.79. The molecule has 2 N–H and O–H groups in total. The van der Waals surface area contributed by atoms with Gasteiger partial charge in [0.2, 0.25) is 0 Å². The van der Waals surface area contributed by atoms with Gasteiger partial charge in [0.05, 0.1) is 6.61 Å². The minimum absolute atomic E-state index is 0. The Kier molecular flexibility index (Phi) is 7.09. The first-order chi connectivity index (χ1) is 10.6. The van der Waals surface area contributed by atoms with Crippen molar-refractivity contribution in [2.45, 2.75) is 56.9 Å². The third kappa shape index (κ3) is 4.00. The largest absolute Gasteiger partial charge is 0.508 e. The minimum atomic E-state index is 0. The number of phenolic OH excluding ortho intramolecular Hbond substituents is 1. The second kappa shape index (κ2) is 8.42. The quantitative estimate of drug-likeness (QED) is 0.772. The Morgan fingerprint density at radius 3 is 2.91 bits per heavy atom. The second-order valence-electron chi connectivity index (χ2n) is 7.25. The van der Waals surface area contributed by atoms with Crippen molar-refractivity contribution in [2.75, 3.05) is 20.3 Å². The van der Waals surface area contributed by atoms with Crippen LogP contribution in [-0.4, -0.2) is 31.4 Å². The topological polar surface area (TPSA) is 41.5 Å². The molecule has 4 heteroatoms. The SMILES string of the molecule is COCCN[C@H]1[C@H]2CCCCC[C@]1(C)c1cc(O)ccc1C2.[Y]. The maximum Gasteiger partial charge on any atom is 0.115 e. The van der Waals surface area contributed by atoms with Gasteiger partial charge < -0.3 is 15.2 Å². The molecule has 2 aliphatic carbocycles. The molecule has 125 valence electrons. The molecule has 1 aromatic rings. The number of hydrogen-bond donors (Lipinski definition) is 2. The van der Waals surface area contributed by atoms with E-state index >= 15 is 0 Å². The van der Waals surface area contributed by atoms with Crippen LogP contribution in [0.3, 0.4) is 0 Å². The first-order valence-corrected chi connectivity index (χ1v) is 8.70. The first-order valence-electron chi connectivity index (χ1n) is 8.70. The molecule has 1 saturated carbocycles. The van der Waals surface area contributed by atoms with E-state index in [0.29, 0.717) is 17.7 Å². The zero-order chi connectivity index (χ0) is 15.6. The monoisotopic (exact) mass is 392 g/mol. The summed E-state index contributed by atoms with van der Waals surface area (Å²) in [5.41, 5.74) is 2.92. The molecule has 0 unspecified atom stereocenters. The van der Waals surface area contributed by atoms with Crippen molar-refractivity contribution in [1.29, 1.82) is 0 Å². The Labute approximate surface area is 165 Å². The van der Waals surface area contributed by atoms with Gasteiger partial charge in [0.1, 0.15) is 5.75 Å². The molecule has 2 aliphatic rings. The number of phenols is 1. The van der Waals surface area contributed by atoms with Crippen LogP contribution in [0.15, 0.2) is 18.2 Å². The van der Waals surface area contributed by atoms with Crippen LogP contribution in [0.25, 0.3) is 0 Å². The van der Waals surface area contributed by atoms with Gasteiger partial charge in [-0.1, -0.05) is 32.3 Å². The van der Waals surface area contributed by atoms with E-state index in [-0.39, 0.29) is 38.1 Å². The molecule has 0 aromatic heterocycles. The second-order valence-corrected chi connectivity index (χ2v) is 7.25. The molecule has 3 atom stereocenters. The molecule has 1 fully saturated rings. The van der Waals surface area contributed by atoms with Gasteiger partial charge in [0.25, 0.3) is 0 Å². The number of hydrogen-bond acceptors (Lipinski definition) is 3. The van der Waals surface area contributed by atoms with Crippen molar-refractivity contribution >= 4 is 0 Å². The summed E-state index contributed by atoms with van der Waals surface area (Å²) in [6.07, 6.45) is 7.60. The molecule has 0 heterocycles. The normalized spacial score (nSPS) is 29.8. The molecule has 3 nitrogen and oxygen atoms in total.